The van der Waals surface area contributed by atoms with Gasteiger partial charge < -0.3 is 20.1 Å². The van der Waals surface area contributed by atoms with Crippen molar-refractivity contribution in [2.45, 2.75) is 38.0 Å². The summed E-state index contributed by atoms with van der Waals surface area (Å²) in [5, 5.41) is 11.7. The third kappa shape index (κ3) is 3.24. The summed E-state index contributed by atoms with van der Waals surface area (Å²) in [6, 6.07) is 7.56. The Morgan fingerprint density at radius 1 is 1.29 bits per heavy atom. The number of amides is 2. The summed E-state index contributed by atoms with van der Waals surface area (Å²) in [5.74, 6) is -1.42. The minimum atomic E-state index is -1.03. The number of fused-ring (bicyclic) bond motifs is 1. The van der Waals surface area contributed by atoms with E-state index in [1.54, 1.807) is 0 Å². The molecule has 126 valence electrons. The lowest BCUT2D eigenvalue weighted by Crippen LogP contribution is -2.52. The number of alkyl carbamates (subject to hydrolysis) is 1. The van der Waals surface area contributed by atoms with E-state index in [2.05, 4.69) is 5.32 Å². The molecule has 0 aliphatic carbocycles. The zero-order chi connectivity index (χ0) is 17.1. The molecule has 2 aliphatic heterocycles. The van der Waals surface area contributed by atoms with Crippen molar-refractivity contribution in [1.82, 2.24) is 10.2 Å². The van der Waals surface area contributed by atoms with Gasteiger partial charge in [0.05, 0.1) is 0 Å². The summed E-state index contributed by atoms with van der Waals surface area (Å²) in [6.45, 7) is 0.107. The lowest BCUT2D eigenvalue weighted by Gasteiger charge is -2.31. The van der Waals surface area contributed by atoms with E-state index in [1.165, 1.54) is 4.90 Å². The van der Waals surface area contributed by atoms with Crippen LogP contribution in [0.15, 0.2) is 42.1 Å². The topological polar surface area (TPSA) is 95.9 Å². The number of nitrogens with one attached hydrogen (secondary N) is 1. The molecule has 0 aromatic heterocycles. The van der Waals surface area contributed by atoms with Crippen LogP contribution in [0.1, 0.15) is 24.8 Å². The summed E-state index contributed by atoms with van der Waals surface area (Å²) in [5.41, 5.74) is 1.57. The van der Waals surface area contributed by atoms with Crippen molar-refractivity contribution in [2.24, 2.45) is 0 Å². The van der Waals surface area contributed by atoms with Gasteiger partial charge in [0.2, 0.25) is 0 Å². The fourth-order valence-electron chi connectivity index (χ4n) is 3.01. The predicted octanol–water partition coefficient (Wildman–Crippen LogP) is 1.64. The lowest BCUT2D eigenvalue weighted by molar-refractivity contribution is -0.148. The summed E-state index contributed by atoms with van der Waals surface area (Å²) >= 11 is 0. The molecule has 1 saturated heterocycles. The minimum absolute atomic E-state index is 0.107. The molecule has 7 heteroatoms. The molecule has 7 nitrogen and oxygen atoms in total. The van der Waals surface area contributed by atoms with Crippen molar-refractivity contribution in [3.8, 4) is 0 Å². The molecule has 0 spiro atoms. The summed E-state index contributed by atoms with van der Waals surface area (Å²) in [7, 11) is 0. The largest absolute Gasteiger partial charge is 0.480 e. The van der Waals surface area contributed by atoms with Crippen molar-refractivity contribution in [3.63, 3.8) is 0 Å². The highest BCUT2D eigenvalue weighted by Gasteiger charge is 2.42. The number of rotatable bonds is 4. The standard InChI is InChI=1S/C17H18N2O5/c20-15-13(8-6-12-7-9-14(16(21)22)19(12)15)18-17(23)24-10-11-4-2-1-3-5-11/h1-6,13-14H,7-10H2,(H,18,23)(H,21,22)/t13-,14-/m0/s1. The molecule has 2 heterocycles. The minimum Gasteiger partial charge on any atom is -0.480 e. The molecule has 1 fully saturated rings. The zero-order valence-electron chi connectivity index (χ0n) is 13.0. The molecule has 3 rings (SSSR count). The number of benzene rings is 1. The SMILES string of the molecule is O=C(N[C@H]1CC=C2CC[C@@H](C(=O)O)N2C1=O)OCc1ccccc1. The van der Waals surface area contributed by atoms with Crippen LogP contribution < -0.4 is 5.32 Å². The van der Waals surface area contributed by atoms with Crippen molar-refractivity contribution in [2.75, 3.05) is 0 Å². The molecule has 2 amide bonds. The molecule has 2 N–H and O–H groups in total. The Bertz CT molecular complexity index is 685. The predicted molar refractivity (Wildman–Crippen MR) is 83.8 cm³/mol. The number of hydrogen-bond donors (Lipinski definition) is 2. The van der Waals surface area contributed by atoms with Crippen LogP contribution in [0.5, 0.6) is 0 Å². The summed E-state index contributed by atoms with van der Waals surface area (Å²) in [6.07, 6.45) is 2.43. The van der Waals surface area contributed by atoms with Crippen molar-refractivity contribution in [1.29, 1.82) is 0 Å². The average molecular weight is 330 g/mol. The zero-order valence-corrected chi connectivity index (χ0v) is 13.0. The Kier molecular flexibility index (Phi) is 4.50. The van der Waals surface area contributed by atoms with Crippen LogP contribution in [0, 0.1) is 0 Å². The van der Waals surface area contributed by atoms with E-state index in [0.29, 0.717) is 19.3 Å². The number of carbonyl (C=O) groups is 3. The van der Waals surface area contributed by atoms with Crippen LogP contribution in [0.25, 0.3) is 0 Å². The number of nitrogens with zero attached hydrogens (tertiary/aromatic N) is 1. The van der Waals surface area contributed by atoms with Crippen LogP contribution in [0.4, 0.5) is 4.79 Å². The second kappa shape index (κ2) is 6.74. The van der Waals surface area contributed by atoms with E-state index >= 15 is 0 Å². The van der Waals surface area contributed by atoms with Crippen LogP contribution in [-0.4, -0.2) is 40.1 Å². The van der Waals surface area contributed by atoms with Gasteiger partial charge in [-0.25, -0.2) is 9.59 Å². The van der Waals surface area contributed by atoms with E-state index in [9.17, 15) is 19.5 Å². The van der Waals surface area contributed by atoms with Gasteiger partial charge >= 0.3 is 12.1 Å². The number of hydrogen-bond acceptors (Lipinski definition) is 4. The molecular weight excluding hydrogens is 312 g/mol. The first-order valence-electron chi connectivity index (χ1n) is 7.78. The number of ether oxygens (including phenoxy) is 1. The number of aliphatic carboxylic acids is 1. The van der Waals surface area contributed by atoms with Gasteiger partial charge in [-0.1, -0.05) is 36.4 Å². The molecule has 0 saturated carbocycles. The number of allylic oxidation sites excluding steroid dienone is 1. The molecule has 1 aromatic rings. The fraction of sp³-hybridized carbons (Fsp3) is 0.353. The van der Waals surface area contributed by atoms with E-state index in [0.717, 1.165) is 11.3 Å². The van der Waals surface area contributed by atoms with E-state index in [-0.39, 0.29) is 6.61 Å². The monoisotopic (exact) mass is 330 g/mol. The second-order valence-electron chi connectivity index (χ2n) is 5.79. The van der Waals surface area contributed by atoms with Crippen LogP contribution in [-0.2, 0) is 20.9 Å². The van der Waals surface area contributed by atoms with Crippen molar-refractivity contribution < 1.29 is 24.2 Å². The molecular formula is C17H18N2O5. The van der Waals surface area contributed by atoms with E-state index in [1.807, 2.05) is 36.4 Å². The molecule has 2 atom stereocenters. The van der Waals surface area contributed by atoms with Gasteiger partial charge in [0.1, 0.15) is 18.7 Å². The van der Waals surface area contributed by atoms with Crippen LogP contribution >= 0.6 is 0 Å². The van der Waals surface area contributed by atoms with Crippen LogP contribution in [0.3, 0.4) is 0 Å². The average Bonchev–Trinajstić information content (AvgIpc) is 3.02. The van der Waals surface area contributed by atoms with Gasteiger partial charge in [0.25, 0.3) is 5.91 Å². The molecule has 2 aliphatic rings. The quantitative estimate of drug-likeness (QED) is 0.875. The number of carboxylic acids is 1. The number of carboxylic acid groups (broad SMARTS) is 1. The number of carbonyl (C=O) groups excluding carboxylic acids is 2. The molecule has 1 aromatic carbocycles. The second-order valence-corrected chi connectivity index (χ2v) is 5.79. The van der Waals surface area contributed by atoms with Crippen molar-refractivity contribution >= 4 is 18.0 Å². The van der Waals surface area contributed by atoms with E-state index < -0.39 is 30.1 Å². The maximum absolute atomic E-state index is 12.5. The molecule has 0 bridgehead atoms. The maximum atomic E-state index is 12.5. The first kappa shape index (κ1) is 16.0. The Morgan fingerprint density at radius 3 is 2.75 bits per heavy atom. The highest BCUT2D eigenvalue weighted by molar-refractivity contribution is 5.92. The third-order valence-corrected chi connectivity index (χ3v) is 4.21. The fourth-order valence-corrected chi connectivity index (χ4v) is 3.01. The van der Waals surface area contributed by atoms with Crippen LogP contribution in [0.2, 0.25) is 0 Å². The molecule has 0 unspecified atom stereocenters. The van der Waals surface area contributed by atoms with Gasteiger partial charge in [0.15, 0.2) is 0 Å². The first-order valence-corrected chi connectivity index (χ1v) is 7.78. The smallest absolute Gasteiger partial charge is 0.408 e. The molecule has 24 heavy (non-hydrogen) atoms. The summed E-state index contributed by atoms with van der Waals surface area (Å²) in [4.78, 5) is 36.9. The van der Waals surface area contributed by atoms with Gasteiger partial charge in [-0.15, -0.1) is 0 Å². The van der Waals surface area contributed by atoms with Gasteiger partial charge in [0, 0.05) is 5.70 Å². The lowest BCUT2D eigenvalue weighted by atomic mass is 10.1. The Balaban J connectivity index is 1.59. The Labute approximate surface area is 138 Å². The Hall–Kier alpha value is -2.83. The van der Waals surface area contributed by atoms with E-state index in [4.69, 9.17) is 4.74 Å². The maximum Gasteiger partial charge on any atom is 0.408 e. The van der Waals surface area contributed by atoms with Gasteiger partial charge in [-0.2, -0.15) is 0 Å². The highest BCUT2D eigenvalue weighted by Crippen LogP contribution is 2.32. The Morgan fingerprint density at radius 2 is 2.04 bits per heavy atom. The van der Waals surface area contributed by atoms with Gasteiger partial charge in [-0.3, -0.25) is 4.79 Å². The first-order chi connectivity index (χ1) is 11.6. The third-order valence-electron chi connectivity index (χ3n) is 4.21. The highest BCUT2D eigenvalue weighted by atomic mass is 16.5. The normalized spacial score (nSPS) is 22.6. The van der Waals surface area contributed by atoms with Gasteiger partial charge in [-0.05, 0) is 24.8 Å². The summed E-state index contributed by atoms with van der Waals surface area (Å²) < 4.78 is 5.11. The van der Waals surface area contributed by atoms with Crippen molar-refractivity contribution in [3.05, 3.63) is 47.7 Å². The molecule has 0 radical (unpaired) electrons.